The lowest BCUT2D eigenvalue weighted by molar-refractivity contribution is 0.569. The average molecular weight is 514 g/mol. The van der Waals surface area contributed by atoms with Gasteiger partial charge in [-0.15, -0.1) is 0 Å². The van der Waals surface area contributed by atoms with Crippen LogP contribution in [0.5, 0.6) is 0 Å². The van der Waals surface area contributed by atoms with E-state index in [2.05, 4.69) is 20.5 Å². The first-order valence-electron chi connectivity index (χ1n) is 11.3. The molecule has 0 saturated heterocycles. The van der Waals surface area contributed by atoms with Crippen molar-refractivity contribution >= 4 is 33.0 Å². The number of aryl methyl sites for hydroxylation is 2. The number of benzene rings is 1. The van der Waals surface area contributed by atoms with Crippen molar-refractivity contribution in [3.8, 4) is 11.3 Å². The van der Waals surface area contributed by atoms with Crippen LogP contribution in [0.1, 0.15) is 30.0 Å². The Morgan fingerprint density at radius 3 is 2.39 bits per heavy atom. The molecule has 0 atom stereocenters. The van der Waals surface area contributed by atoms with E-state index in [9.17, 15) is 8.42 Å². The van der Waals surface area contributed by atoms with E-state index in [0.717, 1.165) is 48.1 Å². The van der Waals surface area contributed by atoms with Crippen molar-refractivity contribution in [3.63, 3.8) is 0 Å². The van der Waals surface area contributed by atoms with Gasteiger partial charge in [0.2, 0.25) is 0 Å². The fourth-order valence-corrected chi connectivity index (χ4v) is 4.79. The van der Waals surface area contributed by atoms with Crippen molar-refractivity contribution in [3.05, 3.63) is 59.7 Å². The molecule has 5 rings (SSSR count). The van der Waals surface area contributed by atoms with Crippen LogP contribution in [-0.2, 0) is 16.9 Å². The molecule has 9 nitrogen and oxygen atoms in total. The Balaban J connectivity index is 1.68. The molecule has 3 heterocycles. The molecule has 1 fully saturated rings. The zero-order chi connectivity index (χ0) is 25.8. The zero-order valence-electron chi connectivity index (χ0n) is 20.2. The van der Waals surface area contributed by atoms with Crippen molar-refractivity contribution in [1.29, 1.82) is 0 Å². The van der Waals surface area contributed by atoms with Crippen molar-refractivity contribution in [2.45, 2.75) is 30.6 Å². The Labute approximate surface area is 207 Å². The quantitative estimate of drug-likeness (QED) is 0.372. The lowest BCUT2D eigenvalue weighted by atomic mass is 10.0. The van der Waals surface area contributed by atoms with Gasteiger partial charge in [0.25, 0.3) is 0 Å². The van der Waals surface area contributed by atoms with E-state index in [-0.39, 0.29) is 11.7 Å². The first kappa shape index (κ1) is 23.9. The predicted octanol–water partition coefficient (Wildman–Crippen LogP) is 4.58. The number of H-pyrrole nitrogens is 1. The lowest BCUT2D eigenvalue weighted by Crippen LogP contribution is -2.17. The number of rotatable bonds is 7. The number of aromatic nitrogens is 5. The number of nitrogens with one attached hydrogen (secondary N) is 2. The van der Waals surface area contributed by atoms with Gasteiger partial charge >= 0.3 is 0 Å². The number of pyridine rings is 1. The summed E-state index contributed by atoms with van der Waals surface area (Å²) in [7, 11) is -0.448. The van der Waals surface area contributed by atoms with Crippen LogP contribution in [0.4, 0.5) is 31.9 Å². The van der Waals surface area contributed by atoms with Crippen LogP contribution in [0.15, 0.2) is 41.7 Å². The molecule has 0 aliphatic heterocycles. The summed E-state index contributed by atoms with van der Waals surface area (Å²) in [6.45, 7) is 1.88. The minimum atomic E-state index is -3.79. The largest absolute Gasteiger partial charge is 0.340 e. The number of imidazole rings is 1. The molecule has 188 valence electrons. The molecule has 1 aromatic carbocycles. The maximum Gasteiger partial charge on any atom is 0.175 e. The summed E-state index contributed by atoms with van der Waals surface area (Å²) in [5.41, 5.74) is 2.89. The maximum absolute atomic E-state index is 15.1. The molecule has 4 aromatic rings. The first-order chi connectivity index (χ1) is 17.0. The van der Waals surface area contributed by atoms with E-state index in [1.807, 2.05) is 30.8 Å². The highest BCUT2D eigenvalue weighted by Crippen LogP contribution is 2.49. The van der Waals surface area contributed by atoms with Crippen LogP contribution in [-0.4, -0.2) is 46.5 Å². The van der Waals surface area contributed by atoms with Crippen LogP contribution in [0, 0.1) is 18.6 Å². The molecule has 1 aliphatic rings. The summed E-state index contributed by atoms with van der Waals surface area (Å²) in [6.07, 6.45) is 6.43. The Morgan fingerprint density at radius 2 is 1.86 bits per heavy atom. The van der Waals surface area contributed by atoms with Gasteiger partial charge in [-0.3, -0.25) is 5.10 Å². The second kappa shape index (κ2) is 8.70. The summed E-state index contributed by atoms with van der Waals surface area (Å²) in [5, 5.41) is 10.4. The molecule has 0 bridgehead atoms. The highest BCUT2D eigenvalue weighted by atomic mass is 32.2. The summed E-state index contributed by atoms with van der Waals surface area (Å²) in [6, 6.07) is 5.21. The predicted molar refractivity (Wildman–Crippen MR) is 133 cm³/mol. The monoisotopic (exact) mass is 513 g/mol. The molecule has 1 saturated carbocycles. The lowest BCUT2D eigenvalue weighted by Gasteiger charge is -2.23. The van der Waals surface area contributed by atoms with Crippen molar-refractivity contribution in [2.24, 2.45) is 7.05 Å². The Morgan fingerprint density at radius 1 is 1.17 bits per heavy atom. The first-order valence-corrected chi connectivity index (χ1v) is 13.2. The molecule has 1 aliphatic carbocycles. The van der Waals surface area contributed by atoms with E-state index in [1.54, 1.807) is 12.4 Å². The van der Waals surface area contributed by atoms with Crippen molar-refractivity contribution < 1.29 is 17.2 Å². The number of halogens is 2. The van der Waals surface area contributed by atoms with Gasteiger partial charge in [-0.05, 0) is 43.9 Å². The van der Waals surface area contributed by atoms with Gasteiger partial charge in [-0.25, -0.2) is 27.2 Å². The average Bonchev–Trinajstić information content (AvgIpc) is 3.41. The molecule has 0 amide bonds. The fourth-order valence-electron chi connectivity index (χ4n) is 4.15. The molecular weight excluding hydrogens is 488 g/mol. The highest BCUT2D eigenvalue weighted by molar-refractivity contribution is 7.90. The molecular formula is C24H25F2N7O2S. The minimum absolute atomic E-state index is 0.250. The fraction of sp³-hybridized carbons (Fsp3) is 0.292. The third kappa shape index (κ3) is 4.55. The van der Waals surface area contributed by atoms with E-state index in [4.69, 9.17) is 4.98 Å². The van der Waals surface area contributed by atoms with Crippen molar-refractivity contribution in [2.75, 3.05) is 23.5 Å². The van der Waals surface area contributed by atoms with Gasteiger partial charge in [-0.1, -0.05) is 0 Å². The maximum atomic E-state index is 15.1. The Hall–Kier alpha value is -3.80. The zero-order valence-corrected chi connectivity index (χ0v) is 21.0. The smallest absolute Gasteiger partial charge is 0.175 e. The molecule has 0 radical (unpaired) electrons. The van der Waals surface area contributed by atoms with Gasteiger partial charge in [0.1, 0.15) is 17.3 Å². The highest BCUT2D eigenvalue weighted by Gasteiger charge is 2.32. The van der Waals surface area contributed by atoms with Crippen LogP contribution in [0.2, 0.25) is 0 Å². The standard InChI is InChI=1S/C24H25F2N7O2S/c1-13-7-20(31-30-13)28-24-22(14-5-6-14)16(19-11-32(2)12-27-19)10-21(29-24)33(3)23-17(25)8-15(9-18(23)26)36(4,34)35/h7-12,14H,5-6H2,1-4H3,(H2,28,29,30,31). The normalized spacial score (nSPS) is 13.7. The second-order valence-corrected chi connectivity index (χ2v) is 11.1. The van der Waals surface area contributed by atoms with Gasteiger partial charge < -0.3 is 14.8 Å². The number of hydrogen-bond acceptors (Lipinski definition) is 7. The SMILES string of the molecule is Cc1cc(Nc2nc(N(C)c3c(F)cc(S(C)(=O)=O)cc3F)cc(-c3cn(C)cn3)c2C2CC2)n[nH]1. The van der Waals surface area contributed by atoms with Crippen LogP contribution in [0.25, 0.3) is 11.3 Å². The Kier molecular flexibility index (Phi) is 5.78. The molecule has 12 heteroatoms. The van der Waals surface area contributed by atoms with E-state index >= 15 is 8.78 Å². The van der Waals surface area contributed by atoms with Crippen LogP contribution < -0.4 is 10.2 Å². The minimum Gasteiger partial charge on any atom is -0.340 e. The second-order valence-electron chi connectivity index (χ2n) is 9.12. The van der Waals surface area contributed by atoms with Gasteiger partial charge in [0, 0.05) is 49.4 Å². The summed E-state index contributed by atoms with van der Waals surface area (Å²) in [4.78, 5) is 10.1. The van der Waals surface area contributed by atoms with E-state index < -0.39 is 32.1 Å². The van der Waals surface area contributed by atoms with Crippen molar-refractivity contribution in [1.82, 2.24) is 24.7 Å². The summed E-state index contributed by atoms with van der Waals surface area (Å²) >= 11 is 0. The Bertz CT molecular complexity index is 1550. The van der Waals surface area contributed by atoms with Crippen LogP contribution >= 0.6 is 0 Å². The number of aromatic amines is 1. The third-order valence-corrected chi connectivity index (χ3v) is 7.15. The summed E-state index contributed by atoms with van der Waals surface area (Å²) in [5.74, 6) is -0.435. The van der Waals surface area contributed by atoms with E-state index in [1.165, 1.54) is 11.9 Å². The molecule has 0 unspecified atom stereocenters. The number of sulfone groups is 1. The molecule has 3 aromatic heterocycles. The number of nitrogens with zero attached hydrogens (tertiary/aromatic N) is 5. The van der Waals surface area contributed by atoms with E-state index in [0.29, 0.717) is 17.3 Å². The topological polar surface area (TPSA) is 109 Å². The van der Waals surface area contributed by atoms with Gasteiger partial charge in [0.05, 0.1) is 16.9 Å². The summed E-state index contributed by atoms with van der Waals surface area (Å²) < 4.78 is 55.6. The molecule has 36 heavy (non-hydrogen) atoms. The molecule has 0 spiro atoms. The molecule has 2 N–H and O–H groups in total. The van der Waals surface area contributed by atoms with Gasteiger partial charge in [-0.2, -0.15) is 5.10 Å². The third-order valence-electron chi connectivity index (χ3n) is 6.06. The van der Waals surface area contributed by atoms with Gasteiger partial charge in [0.15, 0.2) is 27.3 Å². The number of hydrogen-bond donors (Lipinski definition) is 2. The van der Waals surface area contributed by atoms with Crippen LogP contribution in [0.3, 0.4) is 0 Å². The number of anilines is 4.